The largest absolute Gasteiger partial charge is 0.381 e. The highest BCUT2D eigenvalue weighted by Gasteiger charge is 2.18. The molecule has 0 aromatic carbocycles. The van der Waals surface area contributed by atoms with Gasteiger partial charge in [-0.1, -0.05) is 19.1 Å². The van der Waals surface area contributed by atoms with Crippen molar-refractivity contribution in [2.24, 2.45) is 0 Å². The van der Waals surface area contributed by atoms with Crippen LogP contribution in [0.5, 0.6) is 0 Å². The van der Waals surface area contributed by atoms with Gasteiger partial charge in [0, 0.05) is 30.4 Å². The van der Waals surface area contributed by atoms with Crippen LogP contribution in [0.2, 0.25) is 0 Å². The lowest BCUT2D eigenvalue weighted by atomic mass is 9.99. The van der Waals surface area contributed by atoms with Gasteiger partial charge in [-0.3, -0.25) is 0 Å². The molecule has 1 N–H and O–H groups in total. The van der Waals surface area contributed by atoms with E-state index in [9.17, 15) is 0 Å². The predicted octanol–water partition coefficient (Wildman–Crippen LogP) is 2.90. The summed E-state index contributed by atoms with van der Waals surface area (Å²) in [6, 6.07) is 0. The van der Waals surface area contributed by atoms with Crippen LogP contribution in [0.1, 0.15) is 42.8 Å². The highest BCUT2D eigenvalue weighted by Crippen LogP contribution is 2.24. The molecule has 4 heteroatoms. The Hall–Kier alpha value is -0.740. The number of ether oxygens (including phenoxy) is 1. The van der Waals surface area contributed by atoms with Crippen molar-refractivity contribution in [1.82, 2.24) is 9.97 Å². The average molecular weight is 238 g/mol. The highest BCUT2D eigenvalue weighted by molar-refractivity contribution is 7.71. The Morgan fingerprint density at radius 2 is 2.12 bits per heavy atom. The zero-order chi connectivity index (χ0) is 11.5. The van der Waals surface area contributed by atoms with E-state index in [4.69, 9.17) is 17.0 Å². The molecular formula is C12H18N2OS. The Morgan fingerprint density at radius 3 is 2.69 bits per heavy atom. The minimum Gasteiger partial charge on any atom is -0.381 e. The third-order valence-corrected chi connectivity index (χ3v) is 3.55. The van der Waals surface area contributed by atoms with E-state index >= 15 is 0 Å². The quantitative estimate of drug-likeness (QED) is 0.805. The second-order valence-corrected chi connectivity index (χ2v) is 4.66. The van der Waals surface area contributed by atoms with Crippen LogP contribution in [0.25, 0.3) is 0 Å². The van der Waals surface area contributed by atoms with Gasteiger partial charge in [-0.25, -0.2) is 4.98 Å². The molecule has 1 saturated heterocycles. The average Bonchev–Trinajstić information content (AvgIpc) is 2.30. The van der Waals surface area contributed by atoms with E-state index in [2.05, 4.69) is 23.8 Å². The van der Waals surface area contributed by atoms with Crippen LogP contribution in [0.3, 0.4) is 0 Å². The molecule has 1 aliphatic rings. The summed E-state index contributed by atoms with van der Waals surface area (Å²) in [4.78, 5) is 7.94. The van der Waals surface area contributed by atoms with Crippen molar-refractivity contribution in [1.29, 1.82) is 0 Å². The third kappa shape index (κ3) is 2.33. The molecule has 1 fully saturated rings. The summed E-state index contributed by atoms with van der Waals surface area (Å²) in [7, 11) is 0. The van der Waals surface area contributed by atoms with Gasteiger partial charge in [-0.15, -0.1) is 0 Å². The van der Waals surface area contributed by atoms with E-state index in [-0.39, 0.29) is 0 Å². The van der Waals surface area contributed by atoms with E-state index in [1.54, 1.807) is 0 Å². The van der Waals surface area contributed by atoms with Gasteiger partial charge in [0.2, 0.25) is 0 Å². The monoisotopic (exact) mass is 238 g/mol. The minimum absolute atomic E-state index is 0.486. The van der Waals surface area contributed by atoms with Gasteiger partial charge in [0.05, 0.1) is 0 Å². The highest BCUT2D eigenvalue weighted by atomic mass is 32.1. The molecular weight excluding hydrogens is 220 g/mol. The van der Waals surface area contributed by atoms with Crippen molar-refractivity contribution in [3.05, 3.63) is 21.7 Å². The van der Waals surface area contributed by atoms with E-state index in [0.29, 0.717) is 5.92 Å². The Labute approximate surface area is 101 Å². The van der Waals surface area contributed by atoms with Gasteiger partial charge in [-0.2, -0.15) is 0 Å². The maximum atomic E-state index is 5.36. The van der Waals surface area contributed by atoms with Crippen molar-refractivity contribution in [2.45, 2.75) is 39.0 Å². The summed E-state index contributed by atoms with van der Waals surface area (Å²) in [5.41, 5.74) is 2.34. The molecule has 1 aliphatic heterocycles. The first-order valence-electron chi connectivity index (χ1n) is 5.89. The molecule has 0 bridgehead atoms. The summed E-state index contributed by atoms with van der Waals surface area (Å²) in [6.45, 7) is 5.87. The van der Waals surface area contributed by atoms with Crippen LogP contribution in [0, 0.1) is 11.6 Å². The van der Waals surface area contributed by atoms with Crippen molar-refractivity contribution in [3.8, 4) is 0 Å². The van der Waals surface area contributed by atoms with Crippen molar-refractivity contribution < 1.29 is 4.74 Å². The smallest absolute Gasteiger partial charge is 0.133 e. The van der Waals surface area contributed by atoms with Gasteiger partial charge in [-0.05, 0) is 26.2 Å². The van der Waals surface area contributed by atoms with Crippen molar-refractivity contribution in [2.75, 3.05) is 13.2 Å². The molecule has 0 spiro atoms. The van der Waals surface area contributed by atoms with Crippen LogP contribution < -0.4 is 0 Å². The molecule has 0 saturated carbocycles. The molecule has 2 rings (SSSR count). The predicted molar refractivity (Wildman–Crippen MR) is 66.3 cm³/mol. The van der Waals surface area contributed by atoms with E-state index in [1.165, 1.54) is 11.3 Å². The number of hydrogen-bond donors (Lipinski definition) is 1. The summed E-state index contributed by atoms with van der Waals surface area (Å²) < 4.78 is 6.12. The number of H-pyrrole nitrogens is 1. The first-order valence-corrected chi connectivity index (χ1v) is 6.30. The summed E-state index contributed by atoms with van der Waals surface area (Å²) in [5.74, 6) is 1.53. The molecule has 0 unspecified atom stereocenters. The lowest BCUT2D eigenvalue weighted by molar-refractivity contribution is 0.0835. The maximum Gasteiger partial charge on any atom is 0.133 e. The Bertz CT molecular complexity index is 422. The van der Waals surface area contributed by atoms with Crippen LogP contribution in [-0.2, 0) is 11.2 Å². The molecule has 2 heterocycles. The minimum atomic E-state index is 0.486. The molecule has 0 amide bonds. The second kappa shape index (κ2) is 5.06. The van der Waals surface area contributed by atoms with Crippen LogP contribution >= 0.6 is 12.2 Å². The van der Waals surface area contributed by atoms with Gasteiger partial charge in [0.25, 0.3) is 0 Å². The normalized spacial score (nSPS) is 17.6. The zero-order valence-corrected chi connectivity index (χ0v) is 10.7. The van der Waals surface area contributed by atoms with Gasteiger partial charge in [0.15, 0.2) is 0 Å². The lowest BCUT2D eigenvalue weighted by Gasteiger charge is -2.22. The van der Waals surface area contributed by atoms with Crippen molar-refractivity contribution in [3.63, 3.8) is 0 Å². The molecule has 1 aromatic heterocycles. The summed E-state index contributed by atoms with van der Waals surface area (Å²) >= 11 is 5.33. The molecule has 0 aliphatic carbocycles. The number of hydrogen-bond acceptors (Lipinski definition) is 3. The van der Waals surface area contributed by atoms with Gasteiger partial charge in [0.1, 0.15) is 10.5 Å². The van der Waals surface area contributed by atoms with Crippen LogP contribution in [-0.4, -0.2) is 23.2 Å². The number of rotatable bonds is 2. The Kier molecular flexibility index (Phi) is 3.71. The molecule has 0 radical (unpaired) electrons. The first-order chi connectivity index (χ1) is 7.72. The first kappa shape index (κ1) is 11.7. The number of aromatic nitrogens is 2. The SMILES string of the molecule is CCc1c(C)[nH]c(C2CCOCC2)nc1=S. The molecule has 16 heavy (non-hydrogen) atoms. The van der Waals surface area contributed by atoms with Gasteiger partial charge >= 0.3 is 0 Å². The topological polar surface area (TPSA) is 37.9 Å². The number of aromatic amines is 1. The zero-order valence-electron chi connectivity index (χ0n) is 9.88. The third-order valence-electron chi connectivity index (χ3n) is 3.21. The fourth-order valence-electron chi connectivity index (χ4n) is 2.21. The fraction of sp³-hybridized carbons (Fsp3) is 0.667. The van der Waals surface area contributed by atoms with E-state index in [1.807, 2.05) is 0 Å². The molecule has 1 aromatic rings. The number of nitrogens with one attached hydrogen (secondary N) is 1. The number of nitrogens with zero attached hydrogens (tertiary/aromatic N) is 1. The summed E-state index contributed by atoms with van der Waals surface area (Å²) in [5, 5.41) is 0. The molecule has 0 atom stereocenters. The fourth-order valence-corrected chi connectivity index (χ4v) is 2.61. The van der Waals surface area contributed by atoms with E-state index in [0.717, 1.165) is 42.9 Å². The standard InChI is InChI=1S/C12H18N2OS/c1-3-10-8(2)13-11(14-12(10)16)9-4-6-15-7-5-9/h9H,3-7H2,1-2H3,(H,13,14,16). The van der Waals surface area contributed by atoms with E-state index < -0.39 is 0 Å². The van der Waals surface area contributed by atoms with Crippen LogP contribution in [0.4, 0.5) is 0 Å². The lowest BCUT2D eigenvalue weighted by Crippen LogP contribution is -2.17. The van der Waals surface area contributed by atoms with Crippen molar-refractivity contribution >= 4 is 12.2 Å². The Morgan fingerprint density at radius 1 is 1.44 bits per heavy atom. The van der Waals surface area contributed by atoms with Crippen LogP contribution in [0.15, 0.2) is 0 Å². The molecule has 88 valence electrons. The number of aryl methyl sites for hydroxylation is 1. The van der Waals surface area contributed by atoms with Gasteiger partial charge < -0.3 is 9.72 Å². The molecule has 3 nitrogen and oxygen atoms in total. The Balaban J connectivity index is 2.31. The summed E-state index contributed by atoms with van der Waals surface area (Å²) in [6.07, 6.45) is 3.04. The maximum absolute atomic E-state index is 5.36. The second-order valence-electron chi connectivity index (χ2n) is 4.27.